The van der Waals surface area contributed by atoms with E-state index < -0.39 is 21.3 Å². The molecule has 174 valence electrons. The average Bonchev–Trinajstić information content (AvgIpc) is 3.05. The zero-order valence-corrected chi connectivity index (χ0v) is 21.0. The number of carbonyl (C=O) groups is 2. The maximum absolute atomic E-state index is 12.8. The Morgan fingerprint density at radius 2 is 1.56 bits per heavy atom. The molecular weight excluding hydrogens is 541 g/mol. The van der Waals surface area contributed by atoms with E-state index in [1.165, 1.54) is 36.4 Å². The van der Waals surface area contributed by atoms with Crippen molar-refractivity contribution in [1.82, 2.24) is 4.90 Å². The van der Waals surface area contributed by atoms with E-state index in [4.69, 9.17) is 39.0 Å². The van der Waals surface area contributed by atoms with Gasteiger partial charge in [-0.25, -0.2) is 0 Å². The first kappa shape index (κ1) is 24.6. The predicted octanol–water partition coefficient (Wildman–Crippen LogP) is 6.65. The Bertz CT molecular complexity index is 1410. The fraction of sp³-hybridized carbons (Fsp3) is 0.0435. The van der Waals surface area contributed by atoms with Crippen LogP contribution >= 0.6 is 46.6 Å². The molecule has 4 rings (SSSR count). The molecular formula is C23H14Cl3NO5S2. The minimum Gasteiger partial charge on any atom is -0.379 e. The standard InChI is InChI=1S/C23H14Cl3NO5S2/c24-16-4-8-18(9-5-16)34(30,31)32-17-6-1-14(2-7-17)12-21-22(28)27(23(29)33-21)13-15-3-10-19(25)20(26)11-15/h1-12H,13H2/b21-12-. The Morgan fingerprint density at radius 3 is 2.21 bits per heavy atom. The van der Waals surface area contributed by atoms with Crippen molar-refractivity contribution in [2.75, 3.05) is 0 Å². The summed E-state index contributed by atoms with van der Waals surface area (Å²) in [6.07, 6.45) is 1.55. The topological polar surface area (TPSA) is 80.8 Å². The fourth-order valence-corrected chi connectivity index (χ4v) is 5.22. The second-order valence-corrected chi connectivity index (χ2v) is 10.9. The lowest BCUT2D eigenvalue weighted by Crippen LogP contribution is -2.27. The molecule has 1 aliphatic rings. The van der Waals surface area contributed by atoms with Crippen molar-refractivity contribution in [2.45, 2.75) is 11.4 Å². The van der Waals surface area contributed by atoms with E-state index in [-0.39, 0.29) is 22.1 Å². The first-order valence-electron chi connectivity index (χ1n) is 9.62. The van der Waals surface area contributed by atoms with E-state index in [0.717, 1.165) is 16.7 Å². The summed E-state index contributed by atoms with van der Waals surface area (Å²) in [6, 6.07) is 16.6. The predicted molar refractivity (Wildman–Crippen MR) is 134 cm³/mol. The number of hydrogen-bond donors (Lipinski definition) is 0. The molecule has 1 fully saturated rings. The van der Waals surface area contributed by atoms with Gasteiger partial charge in [0.2, 0.25) is 0 Å². The Morgan fingerprint density at radius 1 is 0.882 bits per heavy atom. The normalized spacial score (nSPS) is 15.3. The molecule has 6 nitrogen and oxygen atoms in total. The smallest absolute Gasteiger partial charge is 0.339 e. The largest absolute Gasteiger partial charge is 0.379 e. The number of amides is 2. The maximum atomic E-state index is 12.8. The van der Waals surface area contributed by atoms with Gasteiger partial charge < -0.3 is 4.18 Å². The van der Waals surface area contributed by atoms with Crippen LogP contribution in [0.5, 0.6) is 5.75 Å². The van der Waals surface area contributed by atoms with Crippen LogP contribution in [-0.2, 0) is 21.5 Å². The summed E-state index contributed by atoms with van der Waals surface area (Å²) in [4.78, 5) is 26.5. The quantitative estimate of drug-likeness (QED) is 0.251. The van der Waals surface area contributed by atoms with E-state index in [0.29, 0.717) is 26.2 Å². The molecule has 1 heterocycles. The molecule has 34 heavy (non-hydrogen) atoms. The molecule has 0 spiro atoms. The van der Waals surface area contributed by atoms with Gasteiger partial charge in [-0.15, -0.1) is 0 Å². The van der Waals surface area contributed by atoms with Gasteiger partial charge in [0.15, 0.2) is 0 Å². The molecule has 0 radical (unpaired) electrons. The number of thioether (sulfide) groups is 1. The molecule has 1 aliphatic heterocycles. The summed E-state index contributed by atoms with van der Waals surface area (Å²) in [6.45, 7) is 0.0637. The summed E-state index contributed by atoms with van der Waals surface area (Å²) in [5, 5.41) is 0.718. The van der Waals surface area contributed by atoms with Gasteiger partial charge in [-0.05, 0) is 77.5 Å². The number of carbonyl (C=O) groups excluding carboxylic acids is 2. The van der Waals surface area contributed by atoms with Crippen LogP contribution in [0.4, 0.5) is 4.79 Å². The second-order valence-electron chi connectivity index (χ2n) is 7.08. The van der Waals surface area contributed by atoms with Crippen molar-refractivity contribution in [3.05, 3.63) is 97.8 Å². The van der Waals surface area contributed by atoms with E-state index >= 15 is 0 Å². The molecule has 0 aromatic heterocycles. The van der Waals surface area contributed by atoms with Crippen LogP contribution in [-0.4, -0.2) is 24.5 Å². The van der Waals surface area contributed by atoms with E-state index in [1.807, 2.05) is 0 Å². The zero-order chi connectivity index (χ0) is 24.5. The minimum absolute atomic E-state index is 0.0309. The van der Waals surface area contributed by atoms with Crippen LogP contribution in [0.25, 0.3) is 6.08 Å². The number of benzene rings is 3. The number of halogens is 3. The lowest BCUT2D eigenvalue weighted by atomic mass is 10.2. The number of rotatable bonds is 6. The molecule has 0 saturated carbocycles. The summed E-state index contributed by atoms with van der Waals surface area (Å²) >= 11 is 18.5. The van der Waals surface area contributed by atoms with Crippen LogP contribution < -0.4 is 4.18 Å². The molecule has 0 aliphatic carbocycles. The molecule has 11 heteroatoms. The molecule has 2 amide bonds. The van der Waals surface area contributed by atoms with Crippen molar-refractivity contribution in [2.24, 2.45) is 0 Å². The molecule has 1 saturated heterocycles. The van der Waals surface area contributed by atoms with Gasteiger partial charge in [-0.2, -0.15) is 8.42 Å². The molecule has 3 aromatic rings. The van der Waals surface area contributed by atoms with Crippen molar-refractivity contribution < 1.29 is 22.2 Å². The Hall–Kier alpha value is -2.49. The van der Waals surface area contributed by atoms with Crippen LogP contribution in [0.15, 0.2) is 76.5 Å². The number of nitrogens with zero attached hydrogens (tertiary/aromatic N) is 1. The Kier molecular flexibility index (Phi) is 7.25. The average molecular weight is 555 g/mol. The zero-order valence-electron chi connectivity index (χ0n) is 17.1. The highest BCUT2D eigenvalue weighted by Gasteiger charge is 2.35. The highest BCUT2D eigenvalue weighted by molar-refractivity contribution is 8.18. The molecule has 0 bridgehead atoms. The highest BCUT2D eigenvalue weighted by atomic mass is 35.5. The highest BCUT2D eigenvalue weighted by Crippen LogP contribution is 2.34. The SMILES string of the molecule is O=C1S/C(=C\c2ccc(OS(=O)(=O)c3ccc(Cl)cc3)cc2)C(=O)N1Cc1ccc(Cl)c(Cl)c1. The second kappa shape index (κ2) is 10.0. The fourth-order valence-electron chi connectivity index (χ4n) is 3.00. The lowest BCUT2D eigenvalue weighted by molar-refractivity contribution is -0.123. The maximum Gasteiger partial charge on any atom is 0.339 e. The molecule has 0 atom stereocenters. The third kappa shape index (κ3) is 5.59. The van der Waals surface area contributed by atoms with Gasteiger partial charge in [0.05, 0.1) is 21.5 Å². The van der Waals surface area contributed by atoms with Crippen LogP contribution in [0.2, 0.25) is 15.1 Å². The summed E-state index contributed by atoms with van der Waals surface area (Å²) in [5.74, 6) is -0.341. The van der Waals surface area contributed by atoms with Crippen LogP contribution in [0.3, 0.4) is 0 Å². The van der Waals surface area contributed by atoms with Gasteiger partial charge in [-0.3, -0.25) is 14.5 Å². The summed E-state index contributed by atoms with van der Waals surface area (Å²) < 4.78 is 29.9. The van der Waals surface area contributed by atoms with Crippen molar-refractivity contribution in [3.8, 4) is 5.75 Å². The van der Waals surface area contributed by atoms with Gasteiger partial charge >= 0.3 is 10.1 Å². The summed E-state index contributed by atoms with van der Waals surface area (Å²) in [5.41, 5.74) is 1.26. The Balaban J connectivity index is 1.46. The monoisotopic (exact) mass is 553 g/mol. The first-order valence-corrected chi connectivity index (χ1v) is 13.0. The number of hydrogen-bond acceptors (Lipinski definition) is 6. The van der Waals surface area contributed by atoms with Gasteiger partial charge in [0.1, 0.15) is 10.6 Å². The minimum atomic E-state index is -4.03. The van der Waals surface area contributed by atoms with Crippen molar-refractivity contribution >= 4 is 73.9 Å². The van der Waals surface area contributed by atoms with Gasteiger partial charge in [-0.1, -0.05) is 53.0 Å². The summed E-state index contributed by atoms with van der Waals surface area (Å²) in [7, 11) is -4.03. The molecule has 0 N–H and O–H groups in total. The van der Waals surface area contributed by atoms with Crippen LogP contribution in [0.1, 0.15) is 11.1 Å². The Labute approximate surface area is 215 Å². The third-order valence-electron chi connectivity index (χ3n) is 4.68. The van der Waals surface area contributed by atoms with Crippen molar-refractivity contribution in [3.63, 3.8) is 0 Å². The van der Waals surface area contributed by atoms with Gasteiger partial charge in [0.25, 0.3) is 11.1 Å². The van der Waals surface area contributed by atoms with Crippen LogP contribution in [0, 0.1) is 0 Å². The van der Waals surface area contributed by atoms with E-state index in [9.17, 15) is 18.0 Å². The van der Waals surface area contributed by atoms with Crippen molar-refractivity contribution in [1.29, 1.82) is 0 Å². The number of imide groups is 1. The van der Waals surface area contributed by atoms with E-state index in [2.05, 4.69) is 0 Å². The molecule has 3 aromatic carbocycles. The third-order valence-corrected chi connectivity index (χ3v) is 7.84. The first-order chi connectivity index (χ1) is 16.1. The lowest BCUT2D eigenvalue weighted by Gasteiger charge is -2.12. The molecule has 0 unspecified atom stereocenters. The van der Waals surface area contributed by atoms with E-state index in [1.54, 1.807) is 36.4 Å². The van der Waals surface area contributed by atoms with Gasteiger partial charge in [0, 0.05) is 5.02 Å².